The number of likely N-dealkylation sites (tertiary alicyclic amines) is 3. The number of hydrogen-bond acceptors (Lipinski definition) is 4. The fourth-order valence-corrected chi connectivity index (χ4v) is 8.89. The molecule has 268 valence electrons. The molecule has 0 spiro atoms. The zero-order valence-electron chi connectivity index (χ0n) is 29.6. The third kappa shape index (κ3) is 7.63. The number of aliphatic hydroxyl groups excluding tert-OH is 1. The van der Waals surface area contributed by atoms with Gasteiger partial charge in [0.1, 0.15) is 12.1 Å². The number of hydrogen-bond donors (Lipinski definition) is 2. The van der Waals surface area contributed by atoms with Gasteiger partial charge >= 0.3 is 0 Å². The van der Waals surface area contributed by atoms with Crippen molar-refractivity contribution in [1.29, 1.82) is 0 Å². The molecule has 3 aliphatic heterocycles. The van der Waals surface area contributed by atoms with E-state index in [0.717, 1.165) is 53.6 Å². The van der Waals surface area contributed by atoms with Crippen LogP contribution in [0.5, 0.6) is 0 Å². The minimum Gasteiger partial charge on any atom is -1.00 e. The van der Waals surface area contributed by atoms with Gasteiger partial charge < -0.3 is 37.1 Å². The lowest BCUT2D eigenvalue weighted by atomic mass is 9.67. The van der Waals surface area contributed by atoms with Crippen LogP contribution in [0.1, 0.15) is 69.1 Å². The van der Waals surface area contributed by atoms with Crippen molar-refractivity contribution in [2.75, 3.05) is 45.8 Å². The average Bonchev–Trinajstić information content (AvgIpc) is 3.81. The number of β-amino-alcohol motifs (C(OH)–C–C–N with tert-alkyl or cyclic N) is 1. The molecule has 3 amide bonds. The number of quaternary nitrogens is 1. The lowest BCUT2D eigenvalue weighted by molar-refractivity contribution is -0.932. The minimum absolute atomic E-state index is 0. The van der Waals surface area contributed by atoms with Crippen LogP contribution in [-0.4, -0.2) is 101 Å². The summed E-state index contributed by atoms with van der Waals surface area (Å²) in [5.41, 5.74) is 2.12. The maximum Gasteiger partial charge on any atom is 0.246 e. The predicted octanol–water partition coefficient (Wildman–Crippen LogP) is 1.75. The first-order chi connectivity index (χ1) is 23.8. The highest BCUT2D eigenvalue weighted by molar-refractivity contribution is 5.93. The van der Waals surface area contributed by atoms with Crippen molar-refractivity contribution < 1.29 is 36.4 Å². The number of benzene rings is 3. The van der Waals surface area contributed by atoms with Crippen LogP contribution >= 0.6 is 0 Å². The Labute approximate surface area is 303 Å². The highest BCUT2D eigenvalue weighted by Gasteiger charge is 2.47. The normalized spacial score (nSPS) is 23.3. The Hall–Kier alpha value is -3.72. The Kier molecular flexibility index (Phi) is 12.4. The summed E-state index contributed by atoms with van der Waals surface area (Å²) in [5.74, 6) is -0.106. The second kappa shape index (κ2) is 16.5. The maximum absolute atomic E-state index is 14.6. The summed E-state index contributed by atoms with van der Waals surface area (Å²) in [4.78, 5) is 45.8. The molecule has 0 unspecified atom stereocenters. The zero-order valence-corrected chi connectivity index (χ0v) is 30.3. The standard InChI is InChI=1S/C41H52N4O4.ClH/c1-3-45(4-2)25-15-16-31(30-45)28-42-39(48)36-23-14-24-43(36)40(49)37-26-35(46)29-44(37)38(47)27-41(32-17-8-5-9-18-32,33-19-10-6-11-20-33)34-21-12-7-13-22-34;/h5-13,17-22,31,35-37,46H,3-4,14-16,23-30H2,1-2H3;1H/t31-,35-,36-,37+;/m1./s1. The van der Waals surface area contributed by atoms with Crippen molar-refractivity contribution in [2.24, 2.45) is 5.92 Å². The van der Waals surface area contributed by atoms with Crippen LogP contribution in [-0.2, 0) is 19.8 Å². The lowest BCUT2D eigenvalue weighted by Gasteiger charge is -2.43. The smallest absolute Gasteiger partial charge is 0.246 e. The Morgan fingerprint density at radius 2 is 1.36 bits per heavy atom. The summed E-state index contributed by atoms with van der Waals surface area (Å²) >= 11 is 0. The van der Waals surface area contributed by atoms with Gasteiger partial charge in [-0.15, -0.1) is 0 Å². The monoisotopic (exact) mass is 700 g/mol. The van der Waals surface area contributed by atoms with Crippen molar-refractivity contribution in [2.45, 2.75) is 76.0 Å². The van der Waals surface area contributed by atoms with Gasteiger partial charge in [-0.1, -0.05) is 91.0 Å². The summed E-state index contributed by atoms with van der Waals surface area (Å²) in [6.07, 6.45) is 3.07. The molecule has 6 rings (SSSR count). The van der Waals surface area contributed by atoms with Crippen LogP contribution in [0.2, 0.25) is 0 Å². The molecule has 0 radical (unpaired) electrons. The number of aliphatic hydroxyl groups is 1. The van der Waals surface area contributed by atoms with Gasteiger partial charge in [0.15, 0.2) is 0 Å². The van der Waals surface area contributed by atoms with Crippen molar-refractivity contribution >= 4 is 17.7 Å². The molecule has 9 heteroatoms. The minimum atomic E-state index is -0.818. The Balaban J connectivity index is 0.00000486. The third-order valence-electron chi connectivity index (χ3n) is 11.7. The van der Waals surface area contributed by atoms with Gasteiger partial charge in [-0.3, -0.25) is 14.4 Å². The van der Waals surface area contributed by atoms with E-state index < -0.39 is 23.6 Å². The van der Waals surface area contributed by atoms with Crippen LogP contribution < -0.4 is 17.7 Å². The van der Waals surface area contributed by atoms with Crippen LogP contribution in [0.15, 0.2) is 91.0 Å². The molecule has 3 fully saturated rings. The SMILES string of the molecule is CC[N+]1(CC)CCC[C@H](CNC(=O)[C@H]2CCCN2C(=O)[C@@H]2C[C@@H](O)CN2C(=O)CC(c2ccccc2)(c2ccccc2)c2ccccc2)C1.[Cl-]. The topological polar surface area (TPSA) is 89.9 Å². The van der Waals surface area contributed by atoms with Crippen molar-refractivity contribution in [1.82, 2.24) is 15.1 Å². The Bertz CT molecular complexity index is 1470. The third-order valence-corrected chi connectivity index (χ3v) is 11.7. The molecule has 3 aromatic rings. The average molecular weight is 701 g/mol. The predicted molar refractivity (Wildman–Crippen MR) is 191 cm³/mol. The van der Waals surface area contributed by atoms with E-state index in [9.17, 15) is 19.5 Å². The number of carbonyl (C=O) groups is 3. The van der Waals surface area contributed by atoms with E-state index in [4.69, 9.17) is 0 Å². The van der Waals surface area contributed by atoms with Gasteiger partial charge in [-0.05, 0) is 56.2 Å². The van der Waals surface area contributed by atoms with Gasteiger partial charge in [0, 0.05) is 38.4 Å². The summed E-state index contributed by atoms with van der Waals surface area (Å²) in [6, 6.07) is 28.8. The van der Waals surface area contributed by atoms with Gasteiger partial charge in [0.25, 0.3) is 0 Å². The molecule has 50 heavy (non-hydrogen) atoms. The molecule has 0 aliphatic carbocycles. The molecule has 3 saturated heterocycles. The quantitative estimate of drug-likeness (QED) is 0.236. The number of nitrogens with one attached hydrogen (secondary N) is 1. The molecule has 0 bridgehead atoms. The van der Waals surface area contributed by atoms with E-state index in [1.807, 2.05) is 54.6 Å². The largest absolute Gasteiger partial charge is 1.00 e. The van der Waals surface area contributed by atoms with Gasteiger partial charge in [-0.2, -0.15) is 0 Å². The lowest BCUT2D eigenvalue weighted by Crippen LogP contribution is -3.00. The van der Waals surface area contributed by atoms with E-state index in [0.29, 0.717) is 25.4 Å². The first kappa shape index (κ1) is 37.5. The van der Waals surface area contributed by atoms with Crippen LogP contribution in [0.4, 0.5) is 0 Å². The first-order valence-corrected chi connectivity index (χ1v) is 18.4. The molecule has 3 heterocycles. The summed E-state index contributed by atoms with van der Waals surface area (Å²) in [6.45, 7) is 10.2. The fraction of sp³-hybridized carbons (Fsp3) is 0.488. The van der Waals surface area contributed by atoms with Gasteiger partial charge in [0.2, 0.25) is 17.7 Å². The highest BCUT2D eigenvalue weighted by Crippen LogP contribution is 2.43. The first-order valence-electron chi connectivity index (χ1n) is 18.4. The summed E-state index contributed by atoms with van der Waals surface area (Å²) < 4.78 is 1.10. The number of halogens is 1. The second-order valence-corrected chi connectivity index (χ2v) is 14.5. The molecule has 8 nitrogen and oxygen atoms in total. The van der Waals surface area contributed by atoms with Gasteiger partial charge in [0.05, 0.1) is 37.7 Å². The number of carbonyl (C=O) groups excluding carboxylic acids is 3. The summed E-state index contributed by atoms with van der Waals surface area (Å²) in [5, 5.41) is 14.1. The molecular weight excluding hydrogens is 648 g/mol. The van der Waals surface area contributed by atoms with E-state index in [-0.39, 0.29) is 49.5 Å². The molecule has 2 N–H and O–H groups in total. The number of piperidine rings is 1. The Morgan fingerprint density at radius 1 is 0.800 bits per heavy atom. The number of amides is 3. The van der Waals surface area contributed by atoms with Crippen LogP contribution in [0.25, 0.3) is 0 Å². The van der Waals surface area contributed by atoms with E-state index in [1.165, 1.54) is 13.0 Å². The van der Waals surface area contributed by atoms with Crippen LogP contribution in [0.3, 0.4) is 0 Å². The van der Waals surface area contributed by atoms with Crippen molar-refractivity contribution in [3.8, 4) is 0 Å². The fourth-order valence-electron chi connectivity index (χ4n) is 8.89. The van der Waals surface area contributed by atoms with E-state index in [2.05, 4.69) is 55.6 Å². The molecule has 4 atom stereocenters. The molecular formula is C41H53ClN4O4. The Morgan fingerprint density at radius 3 is 1.90 bits per heavy atom. The molecule has 0 aromatic heterocycles. The molecule has 3 aromatic carbocycles. The number of rotatable bonds is 11. The molecule has 0 saturated carbocycles. The zero-order chi connectivity index (χ0) is 34.4. The van der Waals surface area contributed by atoms with Crippen LogP contribution in [0, 0.1) is 5.92 Å². The van der Waals surface area contributed by atoms with Crippen molar-refractivity contribution in [3.63, 3.8) is 0 Å². The highest BCUT2D eigenvalue weighted by atomic mass is 35.5. The maximum atomic E-state index is 14.6. The second-order valence-electron chi connectivity index (χ2n) is 14.5. The molecule has 3 aliphatic rings. The van der Waals surface area contributed by atoms with Gasteiger partial charge in [-0.25, -0.2) is 0 Å². The van der Waals surface area contributed by atoms with E-state index in [1.54, 1.807) is 9.80 Å². The van der Waals surface area contributed by atoms with E-state index >= 15 is 0 Å². The van der Waals surface area contributed by atoms with Crippen molar-refractivity contribution in [3.05, 3.63) is 108 Å². The number of nitrogens with zero attached hydrogens (tertiary/aromatic N) is 3. The summed E-state index contributed by atoms with van der Waals surface area (Å²) in [7, 11) is 0.